The van der Waals surface area contributed by atoms with Crippen LogP contribution in [0.5, 0.6) is 11.5 Å². The standard InChI is InChI=1S/C11H12Br2O4/c1-3-16-11(14)6-17-10-5-7(12)9(15-2)4-8(10)13/h4-5H,3,6H2,1-2H3. The van der Waals surface area contributed by atoms with Crippen LogP contribution in [0.4, 0.5) is 0 Å². The molecule has 0 unspecified atom stereocenters. The van der Waals surface area contributed by atoms with Gasteiger partial charge in [0, 0.05) is 0 Å². The molecule has 4 nitrogen and oxygen atoms in total. The molecule has 0 atom stereocenters. The molecule has 0 fully saturated rings. The van der Waals surface area contributed by atoms with Crippen LogP contribution in [0.1, 0.15) is 6.92 Å². The number of benzene rings is 1. The third-order valence-corrected chi connectivity index (χ3v) is 3.10. The van der Waals surface area contributed by atoms with Crippen LogP contribution < -0.4 is 9.47 Å². The van der Waals surface area contributed by atoms with Gasteiger partial charge in [-0.15, -0.1) is 0 Å². The number of rotatable bonds is 5. The molecule has 1 rings (SSSR count). The molecule has 1 aromatic carbocycles. The summed E-state index contributed by atoms with van der Waals surface area (Å²) in [5.74, 6) is 0.831. The molecule has 0 aliphatic heterocycles. The van der Waals surface area contributed by atoms with Crippen LogP contribution in [-0.2, 0) is 9.53 Å². The normalized spacial score (nSPS) is 9.88. The van der Waals surface area contributed by atoms with E-state index in [1.165, 1.54) is 0 Å². The predicted octanol–water partition coefficient (Wildman–Crippen LogP) is 3.16. The molecule has 0 saturated carbocycles. The molecular weight excluding hydrogens is 356 g/mol. The summed E-state index contributed by atoms with van der Waals surface area (Å²) in [6, 6.07) is 3.48. The number of hydrogen-bond donors (Lipinski definition) is 0. The van der Waals surface area contributed by atoms with Crippen molar-refractivity contribution in [1.82, 2.24) is 0 Å². The largest absolute Gasteiger partial charge is 0.496 e. The Bertz CT molecular complexity index is 407. The Balaban J connectivity index is 2.72. The summed E-state index contributed by atoms with van der Waals surface area (Å²) in [5.41, 5.74) is 0. The molecule has 0 N–H and O–H groups in total. The number of hydrogen-bond acceptors (Lipinski definition) is 4. The molecule has 0 saturated heterocycles. The zero-order chi connectivity index (χ0) is 12.8. The highest BCUT2D eigenvalue weighted by Crippen LogP contribution is 2.35. The number of esters is 1. The van der Waals surface area contributed by atoms with Crippen molar-refractivity contribution in [3.63, 3.8) is 0 Å². The number of ether oxygens (including phenoxy) is 3. The van der Waals surface area contributed by atoms with Crippen molar-refractivity contribution in [1.29, 1.82) is 0 Å². The summed E-state index contributed by atoms with van der Waals surface area (Å²) in [6.45, 7) is 1.97. The molecule has 6 heteroatoms. The van der Waals surface area contributed by atoms with Crippen molar-refractivity contribution < 1.29 is 19.0 Å². The Morgan fingerprint density at radius 3 is 2.41 bits per heavy atom. The van der Waals surface area contributed by atoms with E-state index in [0.29, 0.717) is 22.6 Å². The summed E-state index contributed by atoms with van der Waals surface area (Å²) in [4.78, 5) is 11.1. The topological polar surface area (TPSA) is 44.8 Å². The van der Waals surface area contributed by atoms with Gasteiger partial charge in [-0.3, -0.25) is 0 Å². The van der Waals surface area contributed by atoms with E-state index in [-0.39, 0.29) is 6.61 Å². The Kier molecular flexibility index (Phi) is 5.77. The predicted molar refractivity (Wildman–Crippen MR) is 70.5 cm³/mol. The van der Waals surface area contributed by atoms with Gasteiger partial charge in [-0.1, -0.05) is 0 Å². The first-order chi connectivity index (χ1) is 8.08. The maximum absolute atomic E-state index is 11.1. The summed E-state index contributed by atoms with van der Waals surface area (Å²) >= 11 is 6.67. The van der Waals surface area contributed by atoms with Crippen molar-refractivity contribution in [2.75, 3.05) is 20.3 Å². The number of halogens is 2. The maximum Gasteiger partial charge on any atom is 0.344 e. The molecule has 0 aliphatic carbocycles. The Morgan fingerprint density at radius 1 is 1.24 bits per heavy atom. The van der Waals surface area contributed by atoms with Gasteiger partial charge in [0.1, 0.15) is 11.5 Å². The van der Waals surface area contributed by atoms with Crippen LogP contribution in [0.15, 0.2) is 21.1 Å². The Hall–Kier alpha value is -0.750. The molecule has 0 bridgehead atoms. The molecule has 0 spiro atoms. The van der Waals surface area contributed by atoms with Crippen LogP contribution in [-0.4, -0.2) is 26.3 Å². The third kappa shape index (κ3) is 4.20. The summed E-state index contributed by atoms with van der Waals surface area (Å²) in [6.07, 6.45) is 0. The first-order valence-electron chi connectivity index (χ1n) is 4.90. The Labute approximate surface area is 116 Å². The Morgan fingerprint density at radius 2 is 1.82 bits per heavy atom. The highest BCUT2D eigenvalue weighted by atomic mass is 79.9. The van der Waals surface area contributed by atoms with E-state index in [9.17, 15) is 4.79 Å². The van der Waals surface area contributed by atoms with Crippen LogP contribution in [0, 0.1) is 0 Å². The van der Waals surface area contributed by atoms with Gasteiger partial charge in [0.15, 0.2) is 6.61 Å². The summed E-state index contributed by atoms with van der Waals surface area (Å²) in [5, 5.41) is 0. The van der Waals surface area contributed by atoms with E-state index >= 15 is 0 Å². The van der Waals surface area contributed by atoms with Gasteiger partial charge in [-0.05, 0) is 50.9 Å². The highest BCUT2D eigenvalue weighted by molar-refractivity contribution is 9.11. The minimum Gasteiger partial charge on any atom is -0.496 e. The fourth-order valence-corrected chi connectivity index (χ4v) is 2.04. The van der Waals surface area contributed by atoms with Gasteiger partial charge in [0.05, 0.1) is 22.7 Å². The van der Waals surface area contributed by atoms with Crippen molar-refractivity contribution in [2.45, 2.75) is 6.92 Å². The van der Waals surface area contributed by atoms with E-state index in [4.69, 9.17) is 14.2 Å². The molecule has 0 heterocycles. The molecule has 94 valence electrons. The average molecular weight is 368 g/mol. The van der Waals surface area contributed by atoms with E-state index in [0.717, 1.165) is 4.47 Å². The second kappa shape index (κ2) is 6.86. The number of carbonyl (C=O) groups excluding carboxylic acids is 1. The van der Waals surface area contributed by atoms with Crippen LogP contribution in [0.3, 0.4) is 0 Å². The lowest BCUT2D eigenvalue weighted by atomic mass is 10.3. The summed E-state index contributed by atoms with van der Waals surface area (Å²) in [7, 11) is 1.58. The lowest BCUT2D eigenvalue weighted by Gasteiger charge is -2.10. The maximum atomic E-state index is 11.1. The van der Waals surface area contributed by atoms with Gasteiger partial charge in [0.25, 0.3) is 0 Å². The van der Waals surface area contributed by atoms with Crippen LogP contribution in [0.25, 0.3) is 0 Å². The molecule has 0 aliphatic rings. The minimum absolute atomic E-state index is 0.120. The first-order valence-corrected chi connectivity index (χ1v) is 6.48. The molecular formula is C11H12Br2O4. The van der Waals surface area contributed by atoms with E-state index in [2.05, 4.69) is 31.9 Å². The molecule has 0 radical (unpaired) electrons. The fraction of sp³-hybridized carbons (Fsp3) is 0.364. The SMILES string of the molecule is CCOC(=O)COc1cc(Br)c(OC)cc1Br. The third-order valence-electron chi connectivity index (χ3n) is 1.86. The monoisotopic (exact) mass is 366 g/mol. The van der Waals surface area contributed by atoms with Gasteiger partial charge in [-0.25, -0.2) is 4.79 Å². The van der Waals surface area contributed by atoms with Crippen molar-refractivity contribution in [3.8, 4) is 11.5 Å². The van der Waals surface area contributed by atoms with E-state index in [1.54, 1.807) is 26.2 Å². The molecule has 17 heavy (non-hydrogen) atoms. The van der Waals surface area contributed by atoms with Crippen LogP contribution in [0.2, 0.25) is 0 Å². The minimum atomic E-state index is -0.397. The van der Waals surface area contributed by atoms with Crippen molar-refractivity contribution >= 4 is 37.8 Å². The quantitative estimate of drug-likeness (QED) is 0.750. The molecule has 0 aromatic heterocycles. The van der Waals surface area contributed by atoms with E-state index < -0.39 is 5.97 Å². The van der Waals surface area contributed by atoms with Gasteiger partial charge in [0.2, 0.25) is 0 Å². The lowest BCUT2D eigenvalue weighted by molar-refractivity contribution is -0.145. The zero-order valence-corrected chi connectivity index (χ0v) is 12.6. The summed E-state index contributed by atoms with van der Waals surface area (Å²) < 4.78 is 16.7. The van der Waals surface area contributed by atoms with Crippen molar-refractivity contribution in [3.05, 3.63) is 21.1 Å². The smallest absolute Gasteiger partial charge is 0.344 e. The van der Waals surface area contributed by atoms with E-state index in [1.807, 2.05) is 0 Å². The van der Waals surface area contributed by atoms with Gasteiger partial charge < -0.3 is 14.2 Å². The highest BCUT2D eigenvalue weighted by Gasteiger charge is 2.10. The average Bonchev–Trinajstić information content (AvgIpc) is 2.30. The van der Waals surface area contributed by atoms with Crippen molar-refractivity contribution in [2.24, 2.45) is 0 Å². The van der Waals surface area contributed by atoms with Gasteiger partial charge >= 0.3 is 5.97 Å². The number of methoxy groups -OCH3 is 1. The first kappa shape index (κ1) is 14.3. The zero-order valence-electron chi connectivity index (χ0n) is 9.46. The second-order valence-electron chi connectivity index (χ2n) is 3.01. The number of carbonyl (C=O) groups is 1. The fourth-order valence-electron chi connectivity index (χ4n) is 1.12. The van der Waals surface area contributed by atoms with Crippen LogP contribution >= 0.6 is 31.9 Å². The molecule has 0 amide bonds. The van der Waals surface area contributed by atoms with Gasteiger partial charge in [-0.2, -0.15) is 0 Å². The molecule has 1 aromatic rings. The lowest BCUT2D eigenvalue weighted by Crippen LogP contribution is -2.14. The second-order valence-corrected chi connectivity index (χ2v) is 4.72.